The zero-order chi connectivity index (χ0) is 11.8. The monoisotopic (exact) mass is 214 g/mol. The molecule has 0 aromatic heterocycles. The van der Waals surface area contributed by atoms with Gasteiger partial charge in [-0.25, -0.2) is 0 Å². The maximum Gasteiger partial charge on any atom is 0.0838 e. The van der Waals surface area contributed by atoms with E-state index in [-0.39, 0.29) is 5.41 Å². The largest absolute Gasteiger partial charge is 0.388 e. The summed E-state index contributed by atoms with van der Waals surface area (Å²) in [6.07, 6.45) is -0.419. The predicted molar refractivity (Wildman–Crippen MR) is 68.4 cm³/mol. The van der Waals surface area contributed by atoms with E-state index in [0.717, 1.165) is 5.56 Å². The summed E-state index contributed by atoms with van der Waals surface area (Å²) in [5.74, 6) is 0. The normalized spacial score (nSPS) is 14.0. The van der Waals surface area contributed by atoms with Gasteiger partial charge in [-0.1, -0.05) is 57.2 Å². The lowest BCUT2D eigenvalue weighted by Crippen LogP contribution is -2.17. The van der Waals surface area contributed by atoms with Crippen LogP contribution in [-0.2, 0) is 0 Å². The van der Waals surface area contributed by atoms with Gasteiger partial charge >= 0.3 is 0 Å². The van der Waals surface area contributed by atoms with Crippen molar-refractivity contribution >= 4 is 10.8 Å². The number of aliphatic hydroxyl groups is 1. The van der Waals surface area contributed by atoms with E-state index in [0.29, 0.717) is 0 Å². The molecule has 0 fully saturated rings. The van der Waals surface area contributed by atoms with Gasteiger partial charge < -0.3 is 5.11 Å². The Hall–Kier alpha value is -1.34. The number of aliphatic hydroxyl groups excluding tert-OH is 1. The van der Waals surface area contributed by atoms with Crippen molar-refractivity contribution in [3.8, 4) is 0 Å². The summed E-state index contributed by atoms with van der Waals surface area (Å²) in [5.41, 5.74) is 0.869. The first-order valence-electron chi connectivity index (χ1n) is 5.65. The molecule has 0 aliphatic carbocycles. The molecule has 84 valence electrons. The lowest BCUT2D eigenvalue weighted by Gasteiger charge is -2.26. The molecule has 0 heterocycles. The van der Waals surface area contributed by atoms with E-state index in [1.54, 1.807) is 0 Å². The molecule has 16 heavy (non-hydrogen) atoms. The van der Waals surface area contributed by atoms with E-state index in [9.17, 15) is 5.11 Å². The van der Waals surface area contributed by atoms with Crippen molar-refractivity contribution in [2.75, 3.05) is 0 Å². The van der Waals surface area contributed by atoms with Crippen molar-refractivity contribution in [3.63, 3.8) is 0 Å². The highest BCUT2D eigenvalue weighted by atomic mass is 16.3. The van der Waals surface area contributed by atoms with E-state index >= 15 is 0 Å². The summed E-state index contributed by atoms with van der Waals surface area (Å²) < 4.78 is 0. The first-order valence-corrected chi connectivity index (χ1v) is 5.65. The Morgan fingerprint density at radius 2 is 1.56 bits per heavy atom. The van der Waals surface area contributed by atoms with Crippen LogP contribution in [0.15, 0.2) is 42.5 Å². The van der Waals surface area contributed by atoms with Gasteiger partial charge in [0.2, 0.25) is 0 Å². The van der Waals surface area contributed by atoms with Crippen LogP contribution in [0, 0.1) is 5.41 Å². The van der Waals surface area contributed by atoms with Crippen molar-refractivity contribution in [1.29, 1.82) is 0 Å². The Morgan fingerprint density at radius 3 is 2.19 bits per heavy atom. The highest BCUT2D eigenvalue weighted by molar-refractivity contribution is 5.83. The van der Waals surface area contributed by atoms with Gasteiger partial charge in [-0.05, 0) is 27.8 Å². The van der Waals surface area contributed by atoms with Crippen molar-refractivity contribution in [2.24, 2.45) is 5.41 Å². The van der Waals surface area contributed by atoms with Gasteiger partial charge in [-0.2, -0.15) is 0 Å². The maximum absolute atomic E-state index is 10.2. The zero-order valence-electron chi connectivity index (χ0n) is 10.1. The molecule has 0 radical (unpaired) electrons. The van der Waals surface area contributed by atoms with Gasteiger partial charge in [0.05, 0.1) is 6.10 Å². The second-order valence-electron chi connectivity index (χ2n) is 5.38. The highest BCUT2D eigenvalue weighted by Gasteiger charge is 2.23. The van der Waals surface area contributed by atoms with Crippen LogP contribution in [0.3, 0.4) is 0 Å². The van der Waals surface area contributed by atoms with Crippen molar-refractivity contribution < 1.29 is 5.11 Å². The van der Waals surface area contributed by atoms with Crippen LogP contribution in [0.5, 0.6) is 0 Å². The molecule has 0 amide bonds. The maximum atomic E-state index is 10.2. The number of rotatable bonds is 1. The summed E-state index contributed by atoms with van der Waals surface area (Å²) >= 11 is 0. The number of fused-ring (bicyclic) bond motifs is 1. The topological polar surface area (TPSA) is 20.2 Å². The van der Waals surface area contributed by atoms with Gasteiger partial charge in [-0.3, -0.25) is 0 Å². The third kappa shape index (κ3) is 2.10. The molecule has 0 bridgehead atoms. The molecule has 1 N–H and O–H groups in total. The third-order valence-electron chi connectivity index (χ3n) is 2.91. The second kappa shape index (κ2) is 3.91. The third-order valence-corrected chi connectivity index (χ3v) is 2.91. The molecule has 2 aromatic rings. The Labute approximate surface area is 96.7 Å². The van der Waals surface area contributed by atoms with E-state index in [2.05, 4.69) is 24.3 Å². The van der Waals surface area contributed by atoms with Crippen LogP contribution in [0.25, 0.3) is 10.8 Å². The molecular formula is C15H18O. The fourth-order valence-electron chi connectivity index (χ4n) is 1.88. The number of hydrogen-bond acceptors (Lipinski definition) is 1. The molecular weight excluding hydrogens is 196 g/mol. The lowest BCUT2D eigenvalue weighted by molar-refractivity contribution is 0.0628. The number of hydrogen-bond donors (Lipinski definition) is 1. The van der Waals surface area contributed by atoms with Gasteiger partial charge in [0, 0.05) is 0 Å². The first-order chi connectivity index (χ1) is 7.48. The Kier molecular flexibility index (Phi) is 2.73. The minimum Gasteiger partial charge on any atom is -0.388 e. The standard InChI is InChI=1S/C15H18O/c1-15(2,3)14(16)13-9-8-11-6-4-5-7-12(11)10-13/h4-10,14,16H,1-3H3. The van der Waals surface area contributed by atoms with Crippen LogP contribution < -0.4 is 0 Å². The van der Waals surface area contributed by atoms with Gasteiger partial charge in [-0.15, -0.1) is 0 Å². The molecule has 0 aliphatic rings. The van der Waals surface area contributed by atoms with Crippen molar-refractivity contribution in [3.05, 3.63) is 48.0 Å². The minimum absolute atomic E-state index is 0.123. The molecule has 0 saturated heterocycles. The average Bonchev–Trinajstić information content (AvgIpc) is 2.26. The summed E-state index contributed by atoms with van der Waals surface area (Å²) in [6, 6.07) is 14.4. The quantitative estimate of drug-likeness (QED) is 0.762. The molecule has 2 aromatic carbocycles. The van der Waals surface area contributed by atoms with Crippen LogP contribution >= 0.6 is 0 Å². The summed E-state index contributed by atoms with van der Waals surface area (Å²) in [4.78, 5) is 0. The van der Waals surface area contributed by atoms with Gasteiger partial charge in [0.1, 0.15) is 0 Å². The van der Waals surface area contributed by atoms with Crippen LogP contribution in [0.4, 0.5) is 0 Å². The molecule has 0 saturated carbocycles. The Balaban J connectivity index is 2.47. The minimum atomic E-state index is -0.419. The van der Waals surface area contributed by atoms with Gasteiger partial charge in [0.25, 0.3) is 0 Å². The van der Waals surface area contributed by atoms with Crippen LogP contribution in [-0.4, -0.2) is 5.11 Å². The summed E-state index contributed by atoms with van der Waals surface area (Å²) in [6.45, 7) is 6.15. The van der Waals surface area contributed by atoms with E-state index < -0.39 is 6.10 Å². The van der Waals surface area contributed by atoms with Crippen molar-refractivity contribution in [1.82, 2.24) is 0 Å². The van der Waals surface area contributed by atoms with Gasteiger partial charge in [0.15, 0.2) is 0 Å². The van der Waals surface area contributed by atoms with E-state index in [1.807, 2.05) is 39.0 Å². The Morgan fingerprint density at radius 1 is 0.938 bits per heavy atom. The first kappa shape index (κ1) is 11.2. The molecule has 0 aliphatic heterocycles. The van der Waals surface area contributed by atoms with Crippen LogP contribution in [0.1, 0.15) is 32.4 Å². The second-order valence-corrected chi connectivity index (χ2v) is 5.38. The molecule has 1 nitrogen and oxygen atoms in total. The fraction of sp³-hybridized carbons (Fsp3) is 0.333. The fourth-order valence-corrected chi connectivity index (χ4v) is 1.88. The Bertz CT molecular complexity index is 494. The van der Waals surface area contributed by atoms with Crippen molar-refractivity contribution in [2.45, 2.75) is 26.9 Å². The molecule has 2 rings (SSSR count). The lowest BCUT2D eigenvalue weighted by atomic mass is 9.84. The zero-order valence-corrected chi connectivity index (χ0v) is 10.1. The van der Waals surface area contributed by atoms with E-state index in [1.165, 1.54) is 10.8 Å². The SMILES string of the molecule is CC(C)(C)C(O)c1ccc2ccccc2c1. The summed E-state index contributed by atoms with van der Waals surface area (Å²) in [5, 5.41) is 12.6. The van der Waals surface area contributed by atoms with Crippen LogP contribution in [0.2, 0.25) is 0 Å². The predicted octanol–water partition coefficient (Wildman–Crippen LogP) is 3.92. The smallest absolute Gasteiger partial charge is 0.0838 e. The summed E-state index contributed by atoms with van der Waals surface area (Å²) in [7, 11) is 0. The number of benzene rings is 2. The molecule has 1 unspecified atom stereocenters. The average molecular weight is 214 g/mol. The molecule has 1 atom stereocenters. The highest BCUT2D eigenvalue weighted by Crippen LogP contribution is 2.33. The molecule has 1 heteroatoms. The molecule has 0 spiro atoms. The van der Waals surface area contributed by atoms with E-state index in [4.69, 9.17) is 0 Å².